The summed E-state index contributed by atoms with van der Waals surface area (Å²) in [5.41, 5.74) is 0.335. The second kappa shape index (κ2) is 6.53. The summed E-state index contributed by atoms with van der Waals surface area (Å²) in [6.07, 6.45) is 0.712. The first-order valence-corrected chi connectivity index (χ1v) is 8.09. The number of hydrogen-bond acceptors (Lipinski definition) is 3. The van der Waals surface area contributed by atoms with Crippen LogP contribution >= 0.6 is 27.5 Å². The second-order valence-corrected chi connectivity index (χ2v) is 6.84. The van der Waals surface area contributed by atoms with Crippen LogP contribution in [0.3, 0.4) is 0 Å². The number of nitrogens with zero attached hydrogens (tertiary/aromatic N) is 2. The third-order valence-electron chi connectivity index (χ3n) is 2.36. The number of rotatable bonds is 5. The van der Waals surface area contributed by atoms with E-state index >= 15 is 0 Å². The standard InChI is InChI=1S/C11H12BrClN2O2S/c1-15(6-2-5-12)18(16,17)11-4-3-9(8-14)7-10(11)13/h3-4,7H,2,5-6H2,1H3. The van der Waals surface area contributed by atoms with E-state index in [9.17, 15) is 8.42 Å². The molecular formula is C11H12BrClN2O2S. The maximum Gasteiger partial charge on any atom is 0.244 e. The number of alkyl halides is 1. The lowest BCUT2D eigenvalue weighted by Crippen LogP contribution is -2.28. The first-order valence-electron chi connectivity index (χ1n) is 5.15. The minimum absolute atomic E-state index is 0.0280. The minimum atomic E-state index is -3.60. The molecule has 18 heavy (non-hydrogen) atoms. The molecule has 98 valence electrons. The summed E-state index contributed by atoms with van der Waals surface area (Å²) in [5.74, 6) is 0. The molecule has 0 heterocycles. The lowest BCUT2D eigenvalue weighted by Gasteiger charge is -2.17. The van der Waals surface area contributed by atoms with Gasteiger partial charge in [0.05, 0.1) is 16.7 Å². The third-order valence-corrected chi connectivity index (χ3v) is 5.26. The van der Waals surface area contributed by atoms with Crippen molar-refractivity contribution in [1.82, 2.24) is 4.31 Å². The predicted molar refractivity (Wildman–Crippen MR) is 74.4 cm³/mol. The topological polar surface area (TPSA) is 61.2 Å². The smallest absolute Gasteiger partial charge is 0.207 e. The van der Waals surface area contributed by atoms with Gasteiger partial charge in [0.2, 0.25) is 10.0 Å². The number of benzene rings is 1. The number of nitriles is 1. The van der Waals surface area contributed by atoms with E-state index in [4.69, 9.17) is 16.9 Å². The van der Waals surface area contributed by atoms with Crippen molar-refractivity contribution in [2.24, 2.45) is 0 Å². The zero-order chi connectivity index (χ0) is 13.8. The first kappa shape index (κ1) is 15.4. The largest absolute Gasteiger partial charge is 0.244 e. The Kier molecular flexibility index (Phi) is 5.60. The predicted octanol–water partition coefficient (Wildman–Crippen LogP) is 2.62. The quantitative estimate of drug-likeness (QED) is 0.766. The van der Waals surface area contributed by atoms with Crippen LogP contribution in [0.15, 0.2) is 23.1 Å². The maximum absolute atomic E-state index is 12.2. The highest BCUT2D eigenvalue weighted by molar-refractivity contribution is 9.09. The van der Waals surface area contributed by atoms with E-state index < -0.39 is 10.0 Å². The highest BCUT2D eigenvalue weighted by Crippen LogP contribution is 2.25. The average molecular weight is 352 g/mol. The number of halogens is 2. The number of sulfonamides is 1. The first-order chi connectivity index (χ1) is 8.43. The van der Waals surface area contributed by atoms with Gasteiger partial charge in [-0.05, 0) is 24.6 Å². The third kappa shape index (κ3) is 3.45. The van der Waals surface area contributed by atoms with E-state index in [1.54, 1.807) is 0 Å². The molecule has 0 spiro atoms. The van der Waals surface area contributed by atoms with Gasteiger partial charge in [-0.2, -0.15) is 5.26 Å². The Morgan fingerprint density at radius 3 is 2.67 bits per heavy atom. The molecule has 4 nitrogen and oxygen atoms in total. The zero-order valence-corrected chi connectivity index (χ0v) is 12.9. The van der Waals surface area contributed by atoms with Crippen LogP contribution in [0.2, 0.25) is 5.02 Å². The molecule has 0 N–H and O–H groups in total. The van der Waals surface area contributed by atoms with Crippen molar-refractivity contribution in [3.05, 3.63) is 28.8 Å². The molecule has 7 heteroatoms. The molecule has 1 aromatic carbocycles. The van der Waals surface area contributed by atoms with E-state index in [2.05, 4.69) is 15.9 Å². The molecular weight excluding hydrogens is 340 g/mol. The molecule has 0 bridgehead atoms. The van der Waals surface area contributed by atoms with Crippen molar-refractivity contribution in [2.75, 3.05) is 18.9 Å². The summed E-state index contributed by atoms with van der Waals surface area (Å²) in [5, 5.41) is 9.51. The summed E-state index contributed by atoms with van der Waals surface area (Å²) in [4.78, 5) is 0.0280. The van der Waals surface area contributed by atoms with Gasteiger partial charge in [0, 0.05) is 18.9 Å². The van der Waals surface area contributed by atoms with Crippen molar-refractivity contribution in [3.63, 3.8) is 0 Å². The van der Waals surface area contributed by atoms with Gasteiger partial charge < -0.3 is 0 Å². The summed E-state index contributed by atoms with van der Waals surface area (Å²) >= 11 is 9.16. The van der Waals surface area contributed by atoms with Crippen molar-refractivity contribution in [2.45, 2.75) is 11.3 Å². The van der Waals surface area contributed by atoms with Crippen molar-refractivity contribution >= 4 is 37.6 Å². The van der Waals surface area contributed by atoms with Gasteiger partial charge in [-0.3, -0.25) is 0 Å². The SMILES string of the molecule is CN(CCCBr)S(=O)(=O)c1ccc(C#N)cc1Cl. The fourth-order valence-corrected chi connectivity index (χ4v) is 3.32. The Labute approximate surface area is 120 Å². The molecule has 0 aliphatic heterocycles. The Hall–Kier alpha value is -0.610. The van der Waals surface area contributed by atoms with Gasteiger partial charge in [-0.25, -0.2) is 12.7 Å². The van der Waals surface area contributed by atoms with Gasteiger partial charge in [0.25, 0.3) is 0 Å². The van der Waals surface area contributed by atoms with E-state index in [0.717, 1.165) is 5.33 Å². The van der Waals surface area contributed by atoms with E-state index in [1.165, 1.54) is 29.6 Å². The van der Waals surface area contributed by atoms with Gasteiger partial charge in [-0.1, -0.05) is 27.5 Å². The molecule has 0 amide bonds. The van der Waals surface area contributed by atoms with E-state index in [0.29, 0.717) is 18.5 Å². The minimum Gasteiger partial charge on any atom is -0.207 e. The zero-order valence-electron chi connectivity index (χ0n) is 9.73. The van der Waals surface area contributed by atoms with Crippen LogP contribution in [-0.2, 0) is 10.0 Å². The molecule has 0 aliphatic rings. The number of hydrogen-bond donors (Lipinski definition) is 0. The summed E-state index contributed by atoms with van der Waals surface area (Å²) in [6.45, 7) is 0.407. The molecule has 0 saturated carbocycles. The molecule has 1 aromatic rings. The second-order valence-electron chi connectivity index (χ2n) is 3.63. The van der Waals surface area contributed by atoms with E-state index in [-0.39, 0.29) is 9.92 Å². The highest BCUT2D eigenvalue weighted by Gasteiger charge is 2.23. The molecule has 0 radical (unpaired) electrons. The Morgan fingerprint density at radius 2 is 2.17 bits per heavy atom. The lowest BCUT2D eigenvalue weighted by molar-refractivity contribution is 0.470. The lowest BCUT2D eigenvalue weighted by atomic mass is 10.2. The highest BCUT2D eigenvalue weighted by atomic mass is 79.9. The van der Waals surface area contributed by atoms with Crippen LogP contribution in [0.5, 0.6) is 0 Å². The van der Waals surface area contributed by atoms with Crippen LogP contribution in [0, 0.1) is 11.3 Å². The monoisotopic (exact) mass is 350 g/mol. The molecule has 0 atom stereocenters. The molecule has 0 saturated heterocycles. The van der Waals surface area contributed by atoms with Gasteiger partial charge in [0.1, 0.15) is 4.90 Å². The van der Waals surface area contributed by atoms with Crippen molar-refractivity contribution < 1.29 is 8.42 Å². The van der Waals surface area contributed by atoms with Crippen molar-refractivity contribution in [3.8, 4) is 6.07 Å². The summed E-state index contributed by atoms with van der Waals surface area (Å²) < 4.78 is 25.7. The maximum atomic E-state index is 12.2. The Bertz CT molecular complexity index is 569. The van der Waals surface area contributed by atoms with Crippen LogP contribution < -0.4 is 0 Å². The Morgan fingerprint density at radius 1 is 1.50 bits per heavy atom. The van der Waals surface area contributed by atoms with Gasteiger partial charge in [-0.15, -0.1) is 0 Å². The van der Waals surface area contributed by atoms with Gasteiger partial charge in [0.15, 0.2) is 0 Å². The fraction of sp³-hybridized carbons (Fsp3) is 0.364. The molecule has 0 unspecified atom stereocenters. The molecule has 0 fully saturated rings. The molecule has 0 aliphatic carbocycles. The molecule has 0 aromatic heterocycles. The fourth-order valence-electron chi connectivity index (χ4n) is 1.35. The van der Waals surface area contributed by atoms with Crippen LogP contribution in [0.1, 0.15) is 12.0 Å². The van der Waals surface area contributed by atoms with Crippen LogP contribution in [0.4, 0.5) is 0 Å². The van der Waals surface area contributed by atoms with Crippen molar-refractivity contribution in [1.29, 1.82) is 5.26 Å². The van der Waals surface area contributed by atoms with Crippen LogP contribution in [-0.4, -0.2) is 31.6 Å². The van der Waals surface area contributed by atoms with E-state index in [1.807, 2.05) is 6.07 Å². The summed E-state index contributed by atoms with van der Waals surface area (Å²) in [6, 6.07) is 6.07. The van der Waals surface area contributed by atoms with Gasteiger partial charge >= 0.3 is 0 Å². The molecule has 1 rings (SSSR count). The Balaban J connectivity index is 3.09. The average Bonchev–Trinajstić information content (AvgIpc) is 2.35. The van der Waals surface area contributed by atoms with Crippen LogP contribution in [0.25, 0.3) is 0 Å². The normalized spacial score (nSPS) is 11.5. The summed E-state index contributed by atoms with van der Waals surface area (Å²) in [7, 11) is -2.09.